The first-order valence-corrected chi connectivity index (χ1v) is 8.24. The van der Waals surface area contributed by atoms with Gasteiger partial charge < -0.3 is 25.7 Å². The van der Waals surface area contributed by atoms with Crippen molar-refractivity contribution in [3.05, 3.63) is 23.7 Å². The highest BCUT2D eigenvalue weighted by Crippen LogP contribution is 2.11. The Hall–Kier alpha value is -2.51. The molecule has 2 heterocycles. The second kappa shape index (κ2) is 8.37. The molecule has 1 aromatic heterocycles. The SMILES string of the molecule is CCNC(=NCc1ccc(C(N)=O)o1)NC1CCN(C(=O)CC)C1. The maximum Gasteiger partial charge on any atom is 0.284 e. The van der Waals surface area contributed by atoms with E-state index in [1.807, 2.05) is 18.7 Å². The van der Waals surface area contributed by atoms with E-state index in [4.69, 9.17) is 10.2 Å². The van der Waals surface area contributed by atoms with Gasteiger partial charge in [0.1, 0.15) is 12.3 Å². The third-order valence-electron chi connectivity index (χ3n) is 3.83. The fraction of sp³-hybridized carbons (Fsp3) is 0.562. The van der Waals surface area contributed by atoms with Crippen molar-refractivity contribution in [3.8, 4) is 0 Å². The van der Waals surface area contributed by atoms with Crippen molar-refractivity contribution in [1.82, 2.24) is 15.5 Å². The van der Waals surface area contributed by atoms with Crippen LogP contribution in [0.1, 0.15) is 43.0 Å². The molecule has 0 spiro atoms. The Morgan fingerprint density at radius 2 is 2.21 bits per heavy atom. The molecule has 1 aromatic rings. The van der Waals surface area contributed by atoms with E-state index in [0.717, 1.165) is 19.5 Å². The lowest BCUT2D eigenvalue weighted by molar-refractivity contribution is -0.129. The zero-order valence-corrected chi connectivity index (χ0v) is 14.2. The van der Waals surface area contributed by atoms with Gasteiger partial charge in [-0.1, -0.05) is 6.92 Å². The number of nitrogens with zero attached hydrogens (tertiary/aromatic N) is 2. The standard InChI is InChI=1S/C16H25N5O3/c1-3-14(22)21-8-7-11(10-21)20-16(18-4-2)19-9-12-5-6-13(24-12)15(17)23/h5-6,11H,3-4,7-10H2,1-2H3,(H2,17,23)(H2,18,19,20). The molecular formula is C16H25N5O3. The van der Waals surface area contributed by atoms with Gasteiger partial charge in [-0.05, 0) is 25.5 Å². The Balaban J connectivity index is 1.93. The Morgan fingerprint density at radius 1 is 1.42 bits per heavy atom. The van der Waals surface area contributed by atoms with E-state index in [2.05, 4.69) is 15.6 Å². The molecule has 0 aliphatic carbocycles. The number of aliphatic imine (C=N–C) groups is 1. The lowest BCUT2D eigenvalue weighted by Crippen LogP contribution is -2.45. The van der Waals surface area contributed by atoms with E-state index in [1.54, 1.807) is 12.1 Å². The molecule has 8 nitrogen and oxygen atoms in total. The molecule has 2 amide bonds. The second-order valence-corrected chi connectivity index (χ2v) is 5.65. The summed E-state index contributed by atoms with van der Waals surface area (Å²) in [5, 5.41) is 6.51. The minimum Gasteiger partial charge on any atom is -0.454 e. The van der Waals surface area contributed by atoms with E-state index in [-0.39, 0.29) is 17.7 Å². The highest BCUT2D eigenvalue weighted by atomic mass is 16.3. The first-order valence-electron chi connectivity index (χ1n) is 8.24. The van der Waals surface area contributed by atoms with Crippen LogP contribution in [-0.4, -0.2) is 48.3 Å². The molecule has 0 aromatic carbocycles. The zero-order chi connectivity index (χ0) is 17.5. The third kappa shape index (κ3) is 4.74. The van der Waals surface area contributed by atoms with E-state index in [9.17, 15) is 9.59 Å². The van der Waals surface area contributed by atoms with Gasteiger partial charge in [0.05, 0.1) is 0 Å². The molecule has 1 saturated heterocycles. The topological polar surface area (TPSA) is 113 Å². The number of likely N-dealkylation sites (tertiary alicyclic amines) is 1. The number of furan rings is 1. The van der Waals surface area contributed by atoms with Gasteiger partial charge in [0.25, 0.3) is 5.91 Å². The van der Waals surface area contributed by atoms with Crippen molar-refractivity contribution in [2.45, 2.75) is 39.3 Å². The largest absolute Gasteiger partial charge is 0.454 e. The van der Waals surface area contributed by atoms with E-state index in [0.29, 0.717) is 31.2 Å². The minimum absolute atomic E-state index is 0.127. The van der Waals surface area contributed by atoms with Crippen LogP contribution in [-0.2, 0) is 11.3 Å². The molecule has 24 heavy (non-hydrogen) atoms. The number of rotatable bonds is 6. The summed E-state index contributed by atoms with van der Waals surface area (Å²) in [6.07, 6.45) is 1.42. The lowest BCUT2D eigenvalue weighted by atomic mass is 10.3. The number of hydrogen-bond donors (Lipinski definition) is 3. The normalized spacial score (nSPS) is 17.8. The summed E-state index contributed by atoms with van der Waals surface area (Å²) < 4.78 is 5.32. The number of carbonyl (C=O) groups excluding carboxylic acids is 2. The van der Waals surface area contributed by atoms with Crippen LogP contribution in [0.25, 0.3) is 0 Å². The Bertz CT molecular complexity index is 611. The molecule has 4 N–H and O–H groups in total. The molecule has 0 saturated carbocycles. The number of guanidine groups is 1. The number of nitrogens with one attached hydrogen (secondary N) is 2. The van der Waals surface area contributed by atoms with Gasteiger partial charge in [-0.25, -0.2) is 4.99 Å². The molecule has 132 valence electrons. The van der Waals surface area contributed by atoms with Crippen LogP contribution < -0.4 is 16.4 Å². The van der Waals surface area contributed by atoms with Crippen molar-refractivity contribution in [2.75, 3.05) is 19.6 Å². The zero-order valence-electron chi connectivity index (χ0n) is 14.2. The summed E-state index contributed by atoms with van der Waals surface area (Å²) in [5.74, 6) is 0.931. The number of hydrogen-bond acceptors (Lipinski definition) is 4. The number of carbonyl (C=O) groups is 2. The van der Waals surface area contributed by atoms with Crippen LogP contribution in [0.5, 0.6) is 0 Å². The van der Waals surface area contributed by atoms with Crippen LogP contribution in [0.3, 0.4) is 0 Å². The highest BCUT2D eigenvalue weighted by Gasteiger charge is 2.25. The highest BCUT2D eigenvalue weighted by molar-refractivity contribution is 5.89. The molecule has 1 aliphatic heterocycles. The molecule has 8 heteroatoms. The molecule has 0 bridgehead atoms. The fourth-order valence-electron chi connectivity index (χ4n) is 2.59. The Morgan fingerprint density at radius 3 is 2.83 bits per heavy atom. The summed E-state index contributed by atoms with van der Waals surface area (Å²) >= 11 is 0. The summed E-state index contributed by atoms with van der Waals surface area (Å²) in [7, 11) is 0. The molecular weight excluding hydrogens is 310 g/mol. The van der Waals surface area contributed by atoms with Gasteiger partial charge >= 0.3 is 0 Å². The Labute approximate surface area is 141 Å². The summed E-state index contributed by atoms with van der Waals surface area (Å²) in [6.45, 7) is 6.33. The van der Waals surface area contributed by atoms with Crippen LogP contribution in [0.4, 0.5) is 0 Å². The van der Waals surface area contributed by atoms with Crippen LogP contribution in [0, 0.1) is 0 Å². The summed E-state index contributed by atoms with van der Waals surface area (Å²) in [5.41, 5.74) is 5.16. The number of nitrogens with two attached hydrogens (primary N) is 1. The number of amides is 2. The fourth-order valence-corrected chi connectivity index (χ4v) is 2.59. The molecule has 1 aliphatic rings. The second-order valence-electron chi connectivity index (χ2n) is 5.65. The van der Waals surface area contributed by atoms with Crippen LogP contribution in [0.15, 0.2) is 21.5 Å². The Kier molecular flexibility index (Phi) is 6.22. The van der Waals surface area contributed by atoms with Crippen LogP contribution >= 0.6 is 0 Å². The molecule has 1 atom stereocenters. The van der Waals surface area contributed by atoms with Crippen molar-refractivity contribution in [3.63, 3.8) is 0 Å². The average molecular weight is 335 g/mol. The molecule has 1 fully saturated rings. The predicted octanol–water partition coefficient (Wildman–Crippen LogP) is 0.445. The minimum atomic E-state index is -0.595. The first kappa shape index (κ1) is 17.8. The van der Waals surface area contributed by atoms with Crippen molar-refractivity contribution < 1.29 is 14.0 Å². The van der Waals surface area contributed by atoms with Gasteiger partial charge in [0, 0.05) is 32.1 Å². The van der Waals surface area contributed by atoms with Crippen molar-refractivity contribution in [1.29, 1.82) is 0 Å². The van der Waals surface area contributed by atoms with Crippen molar-refractivity contribution >= 4 is 17.8 Å². The van der Waals surface area contributed by atoms with Gasteiger partial charge in [-0.2, -0.15) is 0 Å². The van der Waals surface area contributed by atoms with Gasteiger partial charge in [0.15, 0.2) is 11.7 Å². The van der Waals surface area contributed by atoms with E-state index < -0.39 is 5.91 Å². The maximum atomic E-state index is 11.7. The quantitative estimate of drug-likeness (QED) is 0.516. The molecule has 1 unspecified atom stereocenters. The van der Waals surface area contributed by atoms with Gasteiger partial charge in [0.2, 0.25) is 5.91 Å². The monoisotopic (exact) mass is 335 g/mol. The lowest BCUT2D eigenvalue weighted by Gasteiger charge is -2.18. The summed E-state index contributed by atoms with van der Waals surface area (Å²) in [4.78, 5) is 29.1. The smallest absolute Gasteiger partial charge is 0.284 e. The van der Waals surface area contributed by atoms with Gasteiger partial charge in [-0.15, -0.1) is 0 Å². The third-order valence-corrected chi connectivity index (χ3v) is 3.83. The average Bonchev–Trinajstić information content (AvgIpc) is 3.21. The molecule has 2 rings (SSSR count). The first-order chi connectivity index (χ1) is 11.5. The van der Waals surface area contributed by atoms with Crippen LogP contribution in [0.2, 0.25) is 0 Å². The van der Waals surface area contributed by atoms with Crippen molar-refractivity contribution in [2.24, 2.45) is 10.7 Å². The van der Waals surface area contributed by atoms with E-state index in [1.165, 1.54) is 0 Å². The van der Waals surface area contributed by atoms with Gasteiger partial charge in [-0.3, -0.25) is 9.59 Å². The summed E-state index contributed by atoms with van der Waals surface area (Å²) in [6, 6.07) is 3.40. The molecule has 0 radical (unpaired) electrons. The van der Waals surface area contributed by atoms with E-state index >= 15 is 0 Å². The predicted molar refractivity (Wildman–Crippen MR) is 90.5 cm³/mol. The maximum absolute atomic E-state index is 11.7. The number of primary amides is 1.